The van der Waals surface area contributed by atoms with Gasteiger partial charge in [0.2, 0.25) is 0 Å². The Kier molecular flexibility index (Phi) is 3.67. The fourth-order valence-electron chi connectivity index (χ4n) is 1.80. The maximum Gasteiger partial charge on any atom is 0.416 e. The number of carboxylic acids is 1. The summed E-state index contributed by atoms with van der Waals surface area (Å²) in [5.41, 5.74) is -2.72. The Morgan fingerprint density at radius 1 is 1.05 bits per heavy atom. The summed E-state index contributed by atoms with van der Waals surface area (Å²) in [6.07, 6.45) is -4.80. The average molecular weight is 302 g/mol. The molecular formula is C14H7F5O2. The van der Waals surface area contributed by atoms with Gasteiger partial charge >= 0.3 is 12.1 Å². The largest absolute Gasteiger partial charge is 0.478 e. The Balaban J connectivity index is 2.71. The molecule has 0 amide bonds. The molecule has 0 aromatic heterocycles. The van der Waals surface area contributed by atoms with E-state index >= 15 is 0 Å². The first-order chi connectivity index (χ1) is 9.70. The van der Waals surface area contributed by atoms with E-state index in [4.69, 9.17) is 5.11 Å². The molecule has 0 heterocycles. The highest BCUT2D eigenvalue weighted by Gasteiger charge is 2.32. The molecule has 0 aliphatic heterocycles. The van der Waals surface area contributed by atoms with Gasteiger partial charge in [-0.1, -0.05) is 12.1 Å². The number of carboxylic acid groups (broad SMARTS) is 1. The summed E-state index contributed by atoms with van der Waals surface area (Å²) in [6, 6.07) is 4.86. The molecule has 7 heteroatoms. The van der Waals surface area contributed by atoms with Gasteiger partial charge in [0.15, 0.2) is 11.6 Å². The molecule has 0 unspecified atom stereocenters. The van der Waals surface area contributed by atoms with Crippen molar-refractivity contribution in [3.8, 4) is 11.1 Å². The second-order valence-corrected chi connectivity index (χ2v) is 4.20. The van der Waals surface area contributed by atoms with Crippen molar-refractivity contribution in [1.82, 2.24) is 0 Å². The first kappa shape index (κ1) is 15.0. The summed E-state index contributed by atoms with van der Waals surface area (Å²) in [5.74, 6) is -4.17. The molecule has 0 aliphatic rings. The second kappa shape index (κ2) is 5.16. The topological polar surface area (TPSA) is 37.3 Å². The molecule has 0 bridgehead atoms. The van der Waals surface area contributed by atoms with Crippen molar-refractivity contribution in [2.75, 3.05) is 0 Å². The fourth-order valence-corrected chi connectivity index (χ4v) is 1.80. The van der Waals surface area contributed by atoms with Gasteiger partial charge in [0.05, 0.1) is 11.1 Å². The predicted molar refractivity (Wildman–Crippen MR) is 63.8 cm³/mol. The number of hydrogen-bond acceptors (Lipinski definition) is 1. The number of carbonyl (C=O) groups is 1. The van der Waals surface area contributed by atoms with E-state index in [9.17, 15) is 26.7 Å². The van der Waals surface area contributed by atoms with Crippen molar-refractivity contribution in [2.45, 2.75) is 6.18 Å². The van der Waals surface area contributed by atoms with Crippen LogP contribution in [0.5, 0.6) is 0 Å². The Labute approximate surface area is 115 Å². The molecule has 0 aliphatic carbocycles. The number of benzene rings is 2. The standard InChI is InChI=1S/C14H7F5O2/c15-11-3-1-2-10(12(11)16)7-4-8(13(20)21)6-9(5-7)14(17,18)19/h1-6H,(H,20,21). The third kappa shape index (κ3) is 3.01. The number of rotatable bonds is 2. The Hall–Kier alpha value is -2.44. The number of halogens is 5. The van der Waals surface area contributed by atoms with Crippen LogP contribution >= 0.6 is 0 Å². The minimum atomic E-state index is -4.80. The number of hydrogen-bond donors (Lipinski definition) is 1. The van der Waals surface area contributed by atoms with Crippen molar-refractivity contribution in [2.24, 2.45) is 0 Å². The van der Waals surface area contributed by atoms with Gasteiger partial charge in [0, 0.05) is 5.56 Å². The zero-order chi connectivity index (χ0) is 15.8. The third-order valence-corrected chi connectivity index (χ3v) is 2.77. The third-order valence-electron chi connectivity index (χ3n) is 2.77. The van der Waals surface area contributed by atoms with Gasteiger partial charge < -0.3 is 5.11 Å². The zero-order valence-corrected chi connectivity index (χ0v) is 10.2. The molecule has 0 saturated carbocycles. The monoisotopic (exact) mass is 302 g/mol. The van der Waals surface area contributed by atoms with Crippen LogP contribution in [-0.4, -0.2) is 11.1 Å². The van der Waals surface area contributed by atoms with Gasteiger partial charge in [-0.05, 0) is 29.8 Å². The molecule has 2 aromatic rings. The summed E-state index contributed by atoms with van der Waals surface area (Å²) >= 11 is 0. The van der Waals surface area contributed by atoms with Crippen molar-refractivity contribution >= 4 is 5.97 Å². The summed E-state index contributed by atoms with van der Waals surface area (Å²) in [7, 11) is 0. The van der Waals surface area contributed by atoms with Crippen molar-refractivity contribution in [3.05, 3.63) is 59.2 Å². The minimum absolute atomic E-state index is 0.362. The van der Waals surface area contributed by atoms with Gasteiger partial charge in [0.1, 0.15) is 0 Å². The second-order valence-electron chi connectivity index (χ2n) is 4.20. The Morgan fingerprint density at radius 3 is 2.29 bits per heavy atom. The highest BCUT2D eigenvalue weighted by atomic mass is 19.4. The van der Waals surface area contributed by atoms with E-state index < -0.39 is 40.5 Å². The van der Waals surface area contributed by atoms with Crippen molar-refractivity contribution in [3.63, 3.8) is 0 Å². The number of alkyl halides is 3. The lowest BCUT2D eigenvalue weighted by Gasteiger charge is -2.11. The minimum Gasteiger partial charge on any atom is -0.478 e. The van der Waals surface area contributed by atoms with Crippen LogP contribution in [0, 0.1) is 11.6 Å². The molecule has 1 N–H and O–H groups in total. The highest BCUT2D eigenvalue weighted by Crippen LogP contribution is 2.34. The van der Waals surface area contributed by atoms with Crippen LogP contribution in [0.1, 0.15) is 15.9 Å². The lowest BCUT2D eigenvalue weighted by Crippen LogP contribution is -2.08. The Bertz CT molecular complexity index is 707. The van der Waals surface area contributed by atoms with Crippen LogP contribution in [0.3, 0.4) is 0 Å². The van der Waals surface area contributed by atoms with Gasteiger partial charge in [-0.2, -0.15) is 13.2 Å². The number of aromatic carboxylic acids is 1. The molecule has 0 radical (unpaired) electrons. The average Bonchev–Trinajstić information content (AvgIpc) is 2.40. The molecule has 110 valence electrons. The first-order valence-corrected chi connectivity index (χ1v) is 5.60. The van der Waals surface area contributed by atoms with Gasteiger partial charge in [-0.15, -0.1) is 0 Å². The van der Waals surface area contributed by atoms with Crippen LogP contribution in [0.15, 0.2) is 36.4 Å². The SMILES string of the molecule is O=C(O)c1cc(-c2cccc(F)c2F)cc(C(F)(F)F)c1. The smallest absolute Gasteiger partial charge is 0.416 e. The van der Waals surface area contributed by atoms with E-state index in [0.29, 0.717) is 12.1 Å². The van der Waals surface area contributed by atoms with Crippen molar-refractivity contribution < 1.29 is 31.9 Å². The Morgan fingerprint density at radius 2 is 1.71 bits per heavy atom. The lowest BCUT2D eigenvalue weighted by atomic mass is 9.99. The quantitative estimate of drug-likeness (QED) is 0.837. The molecule has 2 rings (SSSR count). The van der Waals surface area contributed by atoms with E-state index in [1.165, 1.54) is 0 Å². The molecule has 2 nitrogen and oxygen atoms in total. The van der Waals surface area contributed by atoms with Crippen LogP contribution in [0.2, 0.25) is 0 Å². The van der Waals surface area contributed by atoms with E-state index in [1.54, 1.807) is 0 Å². The molecule has 0 fully saturated rings. The van der Waals surface area contributed by atoms with Crippen LogP contribution < -0.4 is 0 Å². The first-order valence-electron chi connectivity index (χ1n) is 5.60. The van der Waals surface area contributed by atoms with E-state index in [-0.39, 0.29) is 5.56 Å². The van der Waals surface area contributed by atoms with Gasteiger partial charge in [-0.25, -0.2) is 13.6 Å². The zero-order valence-electron chi connectivity index (χ0n) is 10.2. The van der Waals surface area contributed by atoms with E-state index in [1.807, 2.05) is 0 Å². The molecule has 0 saturated heterocycles. The molecule has 21 heavy (non-hydrogen) atoms. The highest BCUT2D eigenvalue weighted by molar-refractivity contribution is 5.90. The summed E-state index contributed by atoms with van der Waals surface area (Å²) in [4.78, 5) is 10.9. The van der Waals surface area contributed by atoms with Gasteiger partial charge in [-0.3, -0.25) is 0 Å². The molecule has 0 spiro atoms. The van der Waals surface area contributed by atoms with Crippen LogP contribution in [0.25, 0.3) is 11.1 Å². The van der Waals surface area contributed by atoms with E-state index in [0.717, 1.165) is 24.3 Å². The predicted octanol–water partition coefficient (Wildman–Crippen LogP) is 4.35. The fraction of sp³-hybridized carbons (Fsp3) is 0.0714. The van der Waals surface area contributed by atoms with Crippen LogP contribution in [0.4, 0.5) is 22.0 Å². The summed E-state index contributed by atoms with van der Waals surface area (Å²) in [6.45, 7) is 0. The molecule has 0 atom stereocenters. The summed E-state index contributed by atoms with van der Waals surface area (Å²) in [5, 5.41) is 8.84. The van der Waals surface area contributed by atoms with E-state index in [2.05, 4.69) is 0 Å². The van der Waals surface area contributed by atoms with Gasteiger partial charge in [0.25, 0.3) is 0 Å². The maximum atomic E-state index is 13.6. The van der Waals surface area contributed by atoms with Crippen LogP contribution in [-0.2, 0) is 6.18 Å². The van der Waals surface area contributed by atoms with Crippen molar-refractivity contribution in [1.29, 1.82) is 0 Å². The molecular weight excluding hydrogens is 295 g/mol. The lowest BCUT2D eigenvalue weighted by molar-refractivity contribution is -0.137. The molecule has 2 aromatic carbocycles. The normalized spacial score (nSPS) is 11.5. The maximum absolute atomic E-state index is 13.6. The summed E-state index contributed by atoms with van der Waals surface area (Å²) < 4.78 is 65.0.